The van der Waals surface area contributed by atoms with Gasteiger partial charge in [-0.15, -0.1) is 0 Å². The quantitative estimate of drug-likeness (QED) is 0.646. The molecule has 0 aliphatic rings. The average Bonchev–Trinajstić information content (AvgIpc) is 2.15. The van der Waals surface area contributed by atoms with Crippen molar-refractivity contribution < 1.29 is 0 Å². The molecule has 0 saturated heterocycles. The number of aromatic nitrogens is 1. The predicted molar refractivity (Wildman–Crippen MR) is 59.9 cm³/mol. The van der Waals surface area contributed by atoms with Gasteiger partial charge < -0.3 is 5.32 Å². The number of nitrogens with zero attached hydrogens (tertiary/aromatic N) is 1. The van der Waals surface area contributed by atoms with Gasteiger partial charge in [-0.2, -0.15) is 0 Å². The van der Waals surface area contributed by atoms with Gasteiger partial charge in [-0.25, -0.2) is 4.98 Å². The predicted octanol–water partition coefficient (Wildman–Crippen LogP) is 3.22. The van der Waals surface area contributed by atoms with E-state index in [-0.39, 0.29) is 0 Å². The lowest BCUT2D eigenvalue weighted by atomic mass is 10.4. The van der Waals surface area contributed by atoms with Gasteiger partial charge in [-0.3, -0.25) is 0 Å². The molecule has 0 aliphatic heterocycles. The van der Waals surface area contributed by atoms with Crippen LogP contribution in [0, 0.1) is 0 Å². The van der Waals surface area contributed by atoms with Crippen molar-refractivity contribution in [2.45, 2.75) is 13.3 Å². The lowest BCUT2D eigenvalue weighted by Gasteiger charge is -2.02. The van der Waals surface area contributed by atoms with Crippen LogP contribution in [0.25, 0.3) is 0 Å². The maximum atomic E-state index is 4.19. The topological polar surface area (TPSA) is 24.9 Å². The zero-order valence-corrected chi connectivity index (χ0v) is 9.21. The highest BCUT2D eigenvalue weighted by molar-refractivity contribution is 9.10. The first kappa shape index (κ1) is 10.3. The van der Waals surface area contributed by atoms with Crippen LogP contribution in [0.4, 0.5) is 5.82 Å². The van der Waals surface area contributed by atoms with Gasteiger partial charge in [0.15, 0.2) is 0 Å². The molecule has 1 heterocycles. The SMILES string of the molecule is C/C=C/CCNc1ccc(Br)cn1. The fourth-order valence-electron chi connectivity index (χ4n) is 0.931. The molecular formula is C10H13BrN2. The highest BCUT2D eigenvalue weighted by Crippen LogP contribution is 2.10. The zero-order valence-electron chi connectivity index (χ0n) is 7.63. The van der Waals surface area contributed by atoms with Crippen molar-refractivity contribution in [2.24, 2.45) is 0 Å². The number of halogens is 1. The molecule has 0 saturated carbocycles. The van der Waals surface area contributed by atoms with Crippen LogP contribution in [0.5, 0.6) is 0 Å². The van der Waals surface area contributed by atoms with Gasteiger partial charge in [0.2, 0.25) is 0 Å². The second-order valence-electron chi connectivity index (χ2n) is 2.65. The molecule has 0 atom stereocenters. The van der Waals surface area contributed by atoms with Gasteiger partial charge in [0.25, 0.3) is 0 Å². The largest absolute Gasteiger partial charge is 0.370 e. The molecule has 13 heavy (non-hydrogen) atoms. The van der Waals surface area contributed by atoms with Crippen LogP contribution in [0.15, 0.2) is 35.0 Å². The first-order valence-electron chi connectivity index (χ1n) is 4.29. The maximum Gasteiger partial charge on any atom is 0.125 e. The second kappa shape index (κ2) is 5.75. The molecule has 0 fully saturated rings. The fourth-order valence-corrected chi connectivity index (χ4v) is 1.17. The Labute approximate surface area is 87.2 Å². The number of anilines is 1. The van der Waals surface area contributed by atoms with Gasteiger partial charge in [-0.05, 0) is 41.4 Å². The summed E-state index contributed by atoms with van der Waals surface area (Å²) in [4.78, 5) is 4.19. The number of hydrogen-bond acceptors (Lipinski definition) is 2. The number of pyridine rings is 1. The first-order chi connectivity index (χ1) is 6.33. The minimum absolute atomic E-state index is 0.924. The summed E-state index contributed by atoms with van der Waals surface area (Å²) < 4.78 is 1.01. The van der Waals surface area contributed by atoms with Gasteiger partial charge in [0.05, 0.1) is 0 Å². The molecule has 70 valence electrons. The molecule has 0 radical (unpaired) electrons. The Balaban J connectivity index is 2.33. The van der Waals surface area contributed by atoms with Gasteiger partial charge >= 0.3 is 0 Å². The van der Waals surface area contributed by atoms with E-state index in [1.54, 1.807) is 6.20 Å². The zero-order chi connectivity index (χ0) is 9.52. The molecular weight excluding hydrogens is 228 g/mol. The van der Waals surface area contributed by atoms with E-state index in [4.69, 9.17) is 0 Å². The molecule has 0 aliphatic carbocycles. The maximum absolute atomic E-state index is 4.19. The van der Waals surface area contributed by atoms with Gasteiger partial charge in [0.1, 0.15) is 5.82 Å². The molecule has 0 spiro atoms. The lowest BCUT2D eigenvalue weighted by Crippen LogP contribution is -2.01. The number of hydrogen-bond donors (Lipinski definition) is 1. The van der Waals surface area contributed by atoms with Crippen molar-refractivity contribution in [3.05, 3.63) is 35.0 Å². The van der Waals surface area contributed by atoms with Crippen LogP contribution < -0.4 is 5.32 Å². The summed E-state index contributed by atoms with van der Waals surface area (Å²) in [6.45, 7) is 2.96. The van der Waals surface area contributed by atoms with Crippen LogP contribution in [-0.2, 0) is 0 Å². The normalized spacial score (nSPS) is 10.6. The summed E-state index contributed by atoms with van der Waals surface area (Å²) >= 11 is 3.34. The van der Waals surface area contributed by atoms with Crippen molar-refractivity contribution in [3.8, 4) is 0 Å². The van der Waals surface area contributed by atoms with E-state index >= 15 is 0 Å². The lowest BCUT2D eigenvalue weighted by molar-refractivity contribution is 1.04. The molecule has 1 aromatic rings. The second-order valence-corrected chi connectivity index (χ2v) is 3.56. The van der Waals surface area contributed by atoms with E-state index in [2.05, 4.69) is 38.4 Å². The Morgan fingerprint density at radius 2 is 2.38 bits per heavy atom. The highest BCUT2D eigenvalue weighted by atomic mass is 79.9. The van der Waals surface area contributed by atoms with Crippen LogP contribution in [0.3, 0.4) is 0 Å². The fraction of sp³-hybridized carbons (Fsp3) is 0.300. The summed E-state index contributed by atoms with van der Waals surface area (Å²) in [7, 11) is 0. The van der Waals surface area contributed by atoms with Crippen LogP contribution in [-0.4, -0.2) is 11.5 Å². The minimum Gasteiger partial charge on any atom is -0.370 e. The number of allylic oxidation sites excluding steroid dienone is 1. The molecule has 1 aromatic heterocycles. The summed E-state index contributed by atoms with van der Waals surface area (Å²) in [6.07, 6.45) is 7.01. The Bertz CT molecular complexity index is 267. The first-order valence-corrected chi connectivity index (χ1v) is 5.09. The molecule has 1 N–H and O–H groups in total. The third-order valence-electron chi connectivity index (χ3n) is 1.58. The average molecular weight is 241 g/mol. The number of nitrogens with one attached hydrogen (secondary N) is 1. The van der Waals surface area contributed by atoms with Gasteiger partial charge in [0, 0.05) is 17.2 Å². The van der Waals surface area contributed by atoms with Crippen LogP contribution >= 0.6 is 15.9 Å². The van der Waals surface area contributed by atoms with E-state index < -0.39 is 0 Å². The van der Waals surface area contributed by atoms with Crippen molar-refractivity contribution in [1.29, 1.82) is 0 Å². The Morgan fingerprint density at radius 3 is 3.00 bits per heavy atom. The Kier molecular flexibility index (Phi) is 4.54. The molecule has 0 unspecified atom stereocenters. The van der Waals surface area contributed by atoms with E-state index in [1.807, 2.05) is 19.1 Å². The summed E-state index contributed by atoms with van der Waals surface area (Å²) in [5, 5.41) is 3.22. The Morgan fingerprint density at radius 1 is 1.54 bits per heavy atom. The third-order valence-corrected chi connectivity index (χ3v) is 2.05. The smallest absolute Gasteiger partial charge is 0.125 e. The molecule has 0 bridgehead atoms. The monoisotopic (exact) mass is 240 g/mol. The van der Waals surface area contributed by atoms with Crippen molar-refractivity contribution in [3.63, 3.8) is 0 Å². The van der Waals surface area contributed by atoms with Crippen molar-refractivity contribution in [1.82, 2.24) is 4.98 Å². The number of rotatable bonds is 4. The molecule has 3 heteroatoms. The summed E-state index contributed by atoms with van der Waals surface area (Å²) in [5.41, 5.74) is 0. The van der Waals surface area contributed by atoms with Gasteiger partial charge in [-0.1, -0.05) is 12.2 Å². The van der Waals surface area contributed by atoms with E-state index in [0.717, 1.165) is 23.3 Å². The van der Waals surface area contributed by atoms with E-state index in [0.29, 0.717) is 0 Å². The highest BCUT2D eigenvalue weighted by Gasteiger charge is 1.90. The van der Waals surface area contributed by atoms with E-state index in [1.165, 1.54) is 0 Å². The molecule has 1 rings (SSSR count). The van der Waals surface area contributed by atoms with Crippen molar-refractivity contribution >= 4 is 21.7 Å². The van der Waals surface area contributed by atoms with E-state index in [9.17, 15) is 0 Å². The van der Waals surface area contributed by atoms with Crippen LogP contribution in [0.2, 0.25) is 0 Å². The molecule has 0 amide bonds. The minimum atomic E-state index is 0.924. The Hall–Kier alpha value is -0.830. The van der Waals surface area contributed by atoms with Crippen LogP contribution in [0.1, 0.15) is 13.3 Å². The standard InChI is InChI=1S/C10H13BrN2/c1-2-3-4-7-12-10-6-5-9(11)8-13-10/h2-3,5-6,8H,4,7H2,1H3,(H,12,13)/b3-2+. The molecule has 2 nitrogen and oxygen atoms in total. The third kappa shape index (κ3) is 4.08. The molecule has 0 aromatic carbocycles. The van der Waals surface area contributed by atoms with Crippen molar-refractivity contribution in [2.75, 3.05) is 11.9 Å². The summed E-state index contributed by atoms with van der Waals surface area (Å²) in [5.74, 6) is 0.924. The summed E-state index contributed by atoms with van der Waals surface area (Å²) in [6, 6.07) is 3.94.